The van der Waals surface area contributed by atoms with E-state index in [1.807, 2.05) is 36.4 Å². The van der Waals surface area contributed by atoms with Crippen LogP contribution in [0.4, 0.5) is 5.69 Å². The molecular formula is C25H29N5O4. The average molecular weight is 464 g/mol. The fourth-order valence-electron chi connectivity index (χ4n) is 3.43. The molecule has 3 amide bonds. The molecule has 0 fully saturated rings. The molecule has 178 valence electrons. The molecule has 34 heavy (non-hydrogen) atoms. The number of anilines is 1. The lowest BCUT2D eigenvalue weighted by Gasteiger charge is -2.20. The van der Waals surface area contributed by atoms with Gasteiger partial charge < -0.3 is 20.7 Å². The van der Waals surface area contributed by atoms with Crippen LogP contribution in [0, 0.1) is 0 Å². The van der Waals surface area contributed by atoms with Crippen LogP contribution in [-0.4, -0.2) is 43.1 Å². The number of fused-ring (bicyclic) bond motifs is 1. The number of rotatable bonds is 9. The summed E-state index contributed by atoms with van der Waals surface area (Å²) in [5.41, 5.74) is 11.3. The second kappa shape index (κ2) is 11.1. The first-order chi connectivity index (χ1) is 16.2. The first-order valence-electron chi connectivity index (χ1n) is 10.9. The number of hydrogen-bond acceptors (Lipinski definition) is 6. The van der Waals surface area contributed by atoms with E-state index in [1.165, 1.54) is 4.90 Å². The number of hydrogen-bond donors (Lipinski definition) is 3. The van der Waals surface area contributed by atoms with Gasteiger partial charge in [0.2, 0.25) is 5.91 Å². The van der Waals surface area contributed by atoms with Crippen LogP contribution in [0.15, 0.2) is 65.9 Å². The molecule has 2 aromatic rings. The van der Waals surface area contributed by atoms with Crippen molar-refractivity contribution in [3.8, 4) is 5.75 Å². The third-order valence-electron chi connectivity index (χ3n) is 5.35. The fourth-order valence-corrected chi connectivity index (χ4v) is 3.43. The van der Waals surface area contributed by atoms with Gasteiger partial charge in [-0.25, -0.2) is 0 Å². The van der Waals surface area contributed by atoms with Crippen molar-refractivity contribution in [1.29, 1.82) is 0 Å². The van der Waals surface area contributed by atoms with Crippen molar-refractivity contribution in [2.24, 2.45) is 10.8 Å². The number of allylic oxidation sites excluding steroid dienone is 1. The predicted molar refractivity (Wildman–Crippen MR) is 130 cm³/mol. The number of likely N-dealkylation sites (N-methyl/N-ethyl adjacent to an activating group) is 1. The van der Waals surface area contributed by atoms with E-state index in [-0.39, 0.29) is 24.6 Å². The smallest absolute Gasteiger partial charge is 0.267 e. The summed E-state index contributed by atoms with van der Waals surface area (Å²) >= 11 is 0. The monoisotopic (exact) mass is 463 g/mol. The van der Waals surface area contributed by atoms with Crippen molar-refractivity contribution in [2.75, 3.05) is 18.6 Å². The van der Waals surface area contributed by atoms with Crippen LogP contribution in [0.3, 0.4) is 0 Å². The molecule has 1 atom stereocenters. The molecule has 1 aliphatic rings. The fraction of sp³-hybridized carbons (Fsp3) is 0.280. The van der Waals surface area contributed by atoms with E-state index >= 15 is 0 Å². The molecule has 0 spiro atoms. The number of ether oxygens (including phenoxy) is 1. The molecule has 1 heterocycles. The van der Waals surface area contributed by atoms with Gasteiger partial charge in [-0.3, -0.25) is 19.8 Å². The molecule has 4 N–H and O–H groups in total. The molecule has 2 aromatic carbocycles. The van der Waals surface area contributed by atoms with E-state index in [4.69, 9.17) is 10.5 Å². The Kier molecular flexibility index (Phi) is 8.02. The Morgan fingerprint density at radius 1 is 1.21 bits per heavy atom. The van der Waals surface area contributed by atoms with E-state index in [2.05, 4.69) is 22.4 Å². The van der Waals surface area contributed by atoms with E-state index in [9.17, 15) is 14.4 Å². The molecule has 0 unspecified atom stereocenters. The minimum atomic E-state index is -0.892. The average Bonchev–Trinajstić information content (AvgIpc) is 2.93. The normalized spacial score (nSPS) is 15.6. The molecule has 0 saturated carbocycles. The zero-order valence-electron chi connectivity index (χ0n) is 19.3. The van der Waals surface area contributed by atoms with Crippen LogP contribution >= 0.6 is 0 Å². The summed E-state index contributed by atoms with van der Waals surface area (Å²) in [6.07, 6.45) is 1.24. The van der Waals surface area contributed by atoms with Gasteiger partial charge in [-0.1, -0.05) is 43.0 Å². The Labute approximate surface area is 198 Å². The minimum absolute atomic E-state index is 0.0238. The zero-order valence-corrected chi connectivity index (χ0v) is 19.3. The maximum atomic E-state index is 13.0. The van der Waals surface area contributed by atoms with E-state index in [1.54, 1.807) is 26.1 Å². The molecule has 0 aromatic heterocycles. The van der Waals surface area contributed by atoms with E-state index in [0.29, 0.717) is 30.0 Å². The molecule has 0 aliphatic carbocycles. The molecule has 0 radical (unpaired) electrons. The summed E-state index contributed by atoms with van der Waals surface area (Å²) < 4.78 is 5.79. The van der Waals surface area contributed by atoms with Gasteiger partial charge in [-0.15, -0.1) is 0 Å². The standard InChI is InChI=1S/C25H29N5O4/c1-16(13-18-7-5-4-6-8-18)28-29-17(2)24(32)27-20-15-34-22-11-9-19(10-12-23(26)31)14-21(22)30(3)25(20)33/h4-9,11,14,20,28H,1,10,12-13,15H2,2-3H3,(H2,26,31)(H,27,32)/b29-17+/t20-/m0/s1. The lowest BCUT2D eigenvalue weighted by molar-refractivity contribution is -0.124. The highest BCUT2D eigenvalue weighted by Gasteiger charge is 2.31. The summed E-state index contributed by atoms with van der Waals surface area (Å²) in [5, 5.41) is 6.78. The SMILES string of the molecule is C=C(Cc1ccccc1)N/N=C(\C)C(=O)N[C@H]1COc2ccc(CCC(N)=O)cc2N(C)C1=O. The van der Waals surface area contributed by atoms with Gasteiger partial charge in [0.05, 0.1) is 5.69 Å². The number of aryl methyl sites for hydroxylation is 1. The summed E-state index contributed by atoms with van der Waals surface area (Å²) in [6.45, 7) is 5.45. The summed E-state index contributed by atoms with van der Waals surface area (Å²) in [4.78, 5) is 38.2. The first kappa shape index (κ1) is 24.5. The highest BCUT2D eigenvalue weighted by atomic mass is 16.5. The molecule has 1 aliphatic heterocycles. The number of nitrogens with zero attached hydrogens (tertiary/aromatic N) is 2. The third kappa shape index (κ3) is 6.44. The van der Waals surface area contributed by atoms with Crippen LogP contribution in [0.1, 0.15) is 24.5 Å². The number of hydrazone groups is 1. The maximum Gasteiger partial charge on any atom is 0.267 e. The first-order valence-corrected chi connectivity index (χ1v) is 10.9. The van der Waals surface area contributed by atoms with Gasteiger partial charge in [0.15, 0.2) is 0 Å². The second-order valence-electron chi connectivity index (χ2n) is 8.08. The van der Waals surface area contributed by atoms with Crippen molar-refractivity contribution in [3.63, 3.8) is 0 Å². The maximum absolute atomic E-state index is 13.0. The number of carbonyl (C=O) groups is 3. The summed E-state index contributed by atoms with van der Waals surface area (Å²) in [6, 6.07) is 14.2. The van der Waals surface area contributed by atoms with Crippen molar-refractivity contribution in [2.45, 2.75) is 32.2 Å². The Morgan fingerprint density at radius 2 is 1.94 bits per heavy atom. The van der Waals surface area contributed by atoms with Crippen molar-refractivity contribution >= 4 is 29.1 Å². The number of nitrogens with two attached hydrogens (primary N) is 1. The largest absolute Gasteiger partial charge is 0.489 e. The molecule has 3 rings (SSSR count). The molecule has 0 saturated heterocycles. The third-order valence-corrected chi connectivity index (χ3v) is 5.35. The van der Waals surface area contributed by atoms with Gasteiger partial charge >= 0.3 is 0 Å². The van der Waals surface area contributed by atoms with Crippen LogP contribution in [-0.2, 0) is 27.2 Å². The highest BCUT2D eigenvalue weighted by Crippen LogP contribution is 2.32. The predicted octanol–water partition coefficient (Wildman–Crippen LogP) is 1.67. The van der Waals surface area contributed by atoms with Gasteiger partial charge in [-0.2, -0.15) is 5.10 Å². The van der Waals surface area contributed by atoms with Gasteiger partial charge in [0.25, 0.3) is 11.8 Å². The Morgan fingerprint density at radius 3 is 2.65 bits per heavy atom. The Bertz CT molecular complexity index is 1110. The second-order valence-corrected chi connectivity index (χ2v) is 8.08. The van der Waals surface area contributed by atoms with Crippen LogP contribution < -0.4 is 26.1 Å². The lowest BCUT2D eigenvalue weighted by Crippen LogP contribution is -2.51. The Balaban J connectivity index is 1.61. The number of carbonyl (C=O) groups excluding carboxylic acids is 3. The number of benzene rings is 2. The van der Waals surface area contributed by atoms with Gasteiger partial charge in [0.1, 0.15) is 24.1 Å². The van der Waals surface area contributed by atoms with Crippen molar-refractivity contribution < 1.29 is 19.1 Å². The molecule has 9 heteroatoms. The van der Waals surface area contributed by atoms with E-state index < -0.39 is 17.9 Å². The van der Waals surface area contributed by atoms with Gasteiger partial charge in [-0.05, 0) is 36.6 Å². The van der Waals surface area contributed by atoms with Crippen LogP contribution in [0.5, 0.6) is 5.75 Å². The summed E-state index contributed by atoms with van der Waals surface area (Å²) in [7, 11) is 1.61. The Hall–Kier alpha value is -4.14. The van der Waals surface area contributed by atoms with Crippen LogP contribution in [0.2, 0.25) is 0 Å². The van der Waals surface area contributed by atoms with E-state index in [0.717, 1.165) is 11.1 Å². The molecule has 0 bridgehead atoms. The quantitative estimate of drug-likeness (QED) is 0.385. The topological polar surface area (TPSA) is 126 Å². The van der Waals surface area contributed by atoms with Crippen molar-refractivity contribution in [1.82, 2.24) is 10.7 Å². The highest BCUT2D eigenvalue weighted by molar-refractivity contribution is 6.38. The zero-order chi connectivity index (χ0) is 24.7. The van der Waals surface area contributed by atoms with Gasteiger partial charge in [0, 0.05) is 25.6 Å². The number of primary amides is 1. The molecule has 9 nitrogen and oxygen atoms in total. The lowest BCUT2D eigenvalue weighted by atomic mass is 10.1. The number of amides is 3. The molecular weight excluding hydrogens is 434 g/mol. The number of nitrogens with one attached hydrogen (secondary N) is 2. The van der Waals surface area contributed by atoms with Crippen LogP contribution in [0.25, 0.3) is 0 Å². The van der Waals surface area contributed by atoms with Crippen molar-refractivity contribution in [3.05, 3.63) is 71.9 Å². The minimum Gasteiger partial charge on any atom is -0.489 e. The summed E-state index contributed by atoms with van der Waals surface area (Å²) in [5.74, 6) is -0.704.